The lowest BCUT2D eigenvalue weighted by Gasteiger charge is -2.31. The number of carbonyl (C=O) groups excluding carboxylic acids is 12. The minimum Gasteiger partial charge on any atom is -0.481 e. The number of carboxylic acid groups (broad SMARTS) is 1. The first-order valence-corrected chi connectivity index (χ1v) is 30.3. The number of esters is 1. The zero-order chi connectivity index (χ0) is 64.7. The van der Waals surface area contributed by atoms with Crippen LogP contribution in [0, 0.1) is 0 Å². The van der Waals surface area contributed by atoms with Gasteiger partial charge in [-0.2, -0.15) is 11.8 Å². The number of H-pyrrole nitrogens is 1. The fourth-order valence-corrected chi connectivity index (χ4v) is 10.8. The SMILES string of the molecule is CC(=O)OCC(CSCC(N)C(=O)C(=O)CNN[C@@H](CC(=O)O)C(=O)C(=O)[C@@H]1CCCN1N[C@@H](CCCCN)C(=O)N[C@@H](Cc1cnc[nH]1)C(=O)CC(=O)[C@@H]1CCCN1C(=O)[C@H](CCCCN)NN[C@@H](CO)C(=O)C(=O)[C@@H](N)Cc1ccccc1)OC=O. The Morgan fingerprint density at radius 3 is 2.09 bits per heavy atom. The summed E-state index contributed by atoms with van der Waals surface area (Å²) in [6.45, 7) is 0.297. The molecular weight excluding hydrogens is 1170 g/mol. The van der Waals surface area contributed by atoms with Crippen LogP contribution in [-0.4, -0.2) is 225 Å². The van der Waals surface area contributed by atoms with Gasteiger partial charge in [0, 0.05) is 49.8 Å². The molecule has 32 heteroatoms. The third kappa shape index (κ3) is 24.2. The van der Waals surface area contributed by atoms with Gasteiger partial charge in [-0.25, -0.2) is 37.1 Å². The third-order valence-corrected chi connectivity index (χ3v) is 15.7. The average Bonchev–Trinajstić information content (AvgIpc) is 2.82. The first kappa shape index (κ1) is 73.5. The number of amides is 2. The van der Waals surface area contributed by atoms with E-state index in [1.807, 2.05) is 0 Å². The van der Waals surface area contributed by atoms with E-state index in [0.717, 1.165) is 24.2 Å². The maximum atomic E-state index is 14.4. The van der Waals surface area contributed by atoms with Gasteiger partial charge in [0.2, 0.25) is 46.5 Å². The molecule has 0 bridgehead atoms. The number of aliphatic carboxylic acids is 1. The smallest absolute Gasteiger partial charge is 0.305 e. The number of hydrogen-bond donors (Lipinski definition) is 13. The van der Waals surface area contributed by atoms with Crippen molar-refractivity contribution in [1.29, 1.82) is 0 Å². The molecule has 2 unspecified atom stereocenters. The zero-order valence-corrected chi connectivity index (χ0v) is 50.0. The predicted molar refractivity (Wildman–Crippen MR) is 315 cm³/mol. The van der Waals surface area contributed by atoms with Gasteiger partial charge in [0.15, 0.2) is 11.6 Å². The molecule has 2 aromatic rings. The summed E-state index contributed by atoms with van der Waals surface area (Å²) in [7, 11) is 0. The van der Waals surface area contributed by atoms with E-state index < -0.39 is 156 Å². The Bertz CT molecular complexity index is 2680. The van der Waals surface area contributed by atoms with Crippen molar-refractivity contribution in [3.05, 3.63) is 54.1 Å². The van der Waals surface area contributed by atoms with Crippen molar-refractivity contribution in [2.45, 2.75) is 157 Å². The van der Waals surface area contributed by atoms with E-state index in [4.69, 9.17) is 32.4 Å². The number of thioether (sulfide) groups is 1. The summed E-state index contributed by atoms with van der Waals surface area (Å²) < 4.78 is 9.68. The lowest BCUT2D eigenvalue weighted by molar-refractivity contribution is -0.148. The van der Waals surface area contributed by atoms with Gasteiger partial charge in [0.25, 0.3) is 6.47 Å². The summed E-state index contributed by atoms with van der Waals surface area (Å²) in [6, 6.07) is -2.86. The number of ketones is 8. The number of hydrazine groups is 3. The lowest BCUT2D eigenvalue weighted by Crippen LogP contribution is -2.59. The van der Waals surface area contributed by atoms with Crippen molar-refractivity contribution in [1.82, 2.24) is 52.3 Å². The summed E-state index contributed by atoms with van der Waals surface area (Å²) in [5.41, 5.74) is 37.9. The zero-order valence-electron chi connectivity index (χ0n) is 49.2. The molecule has 0 saturated carbocycles. The fraction of sp³-hybridized carbons (Fsp3) is 0.607. The molecular formula is C56H84N14O17S. The Morgan fingerprint density at radius 2 is 1.45 bits per heavy atom. The minimum absolute atomic E-state index is 0.0645. The normalized spacial score (nSPS) is 17.7. The summed E-state index contributed by atoms with van der Waals surface area (Å²) in [4.78, 5) is 179. The van der Waals surface area contributed by atoms with E-state index in [1.165, 1.54) is 22.4 Å². The summed E-state index contributed by atoms with van der Waals surface area (Å²) >= 11 is 1.03. The van der Waals surface area contributed by atoms with Gasteiger partial charge >= 0.3 is 11.9 Å². The number of hydrogen-bond acceptors (Lipinski definition) is 28. The van der Waals surface area contributed by atoms with Crippen molar-refractivity contribution in [3.8, 4) is 0 Å². The maximum absolute atomic E-state index is 14.4. The number of likely N-dealkylation sites (tertiary alicyclic amines) is 1. The van der Waals surface area contributed by atoms with Crippen molar-refractivity contribution in [2.75, 3.05) is 57.4 Å². The summed E-state index contributed by atoms with van der Waals surface area (Å²) in [6.07, 6.45) is 3.25. The quantitative estimate of drug-likeness (QED) is 0.00741. The van der Waals surface area contributed by atoms with Crippen molar-refractivity contribution in [3.63, 3.8) is 0 Å². The van der Waals surface area contributed by atoms with E-state index in [2.05, 4.69) is 42.4 Å². The molecule has 0 radical (unpaired) electrons. The van der Waals surface area contributed by atoms with Gasteiger partial charge in [-0.3, -0.25) is 62.3 Å². The number of Topliss-reactive ketones (excluding diaryl/α,β-unsaturated/α-hetero) is 8. The fourth-order valence-electron chi connectivity index (χ4n) is 9.80. The van der Waals surface area contributed by atoms with Gasteiger partial charge in [0.1, 0.15) is 30.8 Å². The summed E-state index contributed by atoms with van der Waals surface area (Å²) in [5.74, 6) is -11.1. The topological polar surface area (TPSA) is 492 Å². The molecule has 1 aromatic heterocycles. The number of benzene rings is 1. The standard InChI is InChI=1S/C56H84N14O17S/c1-33(73)86-28-36(87-32-72)29-88-30-38(60)50(79)48(76)26-63-65-42(23-49(77)78)52(81)54(83)45-16-10-20-70(45)68-39(13-5-7-17-57)55(84)64-41(22-35-25-61-31-62-35)46(74)24-47(75)44-15-9-19-69(44)56(85)40(14-6-8-18-58)66-67-43(27-71)53(82)51(80)37(59)21-34-11-3-2-4-12-34/h2-4,11-12,25,31-32,36-45,63,65-68,71H,5-10,13-24,26-30,57-60H2,1H3,(H,61,62)(H,64,84)(H,77,78)/t36?,37-,38?,39-,40-,41-,42-,43-,44-,45-/m0/s1. The third-order valence-electron chi connectivity index (χ3n) is 14.5. The molecule has 486 valence electrons. The molecule has 2 aliphatic rings. The Hall–Kier alpha value is -6.95. The molecule has 2 amide bonds. The largest absolute Gasteiger partial charge is 0.481 e. The van der Waals surface area contributed by atoms with Gasteiger partial charge in [-0.1, -0.05) is 43.2 Å². The number of imidazole rings is 1. The highest BCUT2D eigenvalue weighted by Crippen LogP contribution is 2.23. The van der Waals surface area contributed by atoms with Crippen LogP contribution >= 0.6 is 11.8 Å². The molecule has 0 aliphatic carbocycles. The van der Waals surface area contributed by atoms with E-state index >= 15 is 0 Å². The van der Waals surface area contributed by atoms with Crippen LogP contribution < -0.4 is 55.4 Å². The number of nitrogens with zero attached hydrogens (tertiary/aromatic N) is 3. The van der Waals surface area contributed by atoms with Gasteiger partial charge in [-0.15, -0.1) is 0 Å². The number of nitrogens with two attached hydrogens (primary N) is 4. The average molecular weight is 1260 g/mol. The molecule has 17 N–H and O–H groups in total. The van der Waals surface area contributed by atoms with Crippen LogP contribution in [0.25, 0.3) is 0 Å². The highest BCUT2D eigenvalue weighted by Gasteiger charge is 2.42. The van der Waals surface area contributed by atoms with Crippen molar-refractivity contribution < 1.29 is 82.0 Å². The minimum atomic E-state index is -1.74. The number of carboxylic acids is 1. The second-order valence-electron chi connectivity index (χ2n) is 21.3. The molecule has 2 aliphatic heterocycles. The molecule has 10 atom stereocenters. The Labute approximate surface area is 512 Å². The van der Waals surface area contributed by atoms with E-state index in [-0.39, 0.29) is 82.7 Å². The number of rotatable bonds is 47. The number of ether oxygens (including phenoxy) is 2. The number of aliphatic hydroxyl groups is 1. The lowest BCUT2D eigenvalue weighted by atomic mass is 9.97. The van der Waals surface area contributed by atoms with Crippen LogP contribution in [0.15, 0.2) is 42.9 Å². The number of nitrogens with one attached hydrogen (secondary N) is 7. The first-order chi connectivity index (χ1) is 42.1. The second kappa shape index (κ2) is 39.1. The molecule has 0 spiro atoms. The Morgan fingerprint density at radius 1 is 0.784 bits per heavy atom. The highest BCUT2D eigenvalue weighted by molar-refractivity contribution is 7.99. The molecule has 31 nitrogen and oxygen atoms in total. The number of carbonyl (C=O) groups is 13. The van der Waals surface area contributed by atoms with Gasteiger partial charge in [-0.05, 0) is 76.4 Å². The number of unbranched alkanes of at least 4 members (excludes halogenated alkanes) is 2. The molecule has 3 heterocycles. The first-order valence-electron chi connectivity index (χ1n) is 29.1. The van der Waals surface area contributed by atoms with E-state index in [0.29, 0.717) is 50.8 Å². The Balaban J connectivity index is 1.43. The van der Waals surface area contributed by atoms with Crippen LogP contribution in [0.2, 0.25) is 0 Å². The van der Waals surface area contributed by atoms with Gasteiger partial charge in [0.05, 0.1) is 68.6 Å². The number of aromatic amines is 1. The highest BCUT2D eigenvalue weighted by atomic mass is 32.2. The predicted octanol–water partition coefficient (Wildman–Crippen LogP) is -4.54. The Kier molecular flexibility index (Phi) is 32.7. The number of aliphatic hydroxyl groups excluding tert-OH is 1. The molecule has 88 heavy (non-hydrogen) atoms. The molecule has 2 fully saturated rings. The van der Waals surface area contributed by atoms with Crippen LogP contribution in [0.1, 0.15) is 95.2 Å². The van der Waals surface area contributed by atoms with Crippen molar-refractivity contribution >= 4 is 88.3 Å². The molecule has 4 rings (SSSR count). The number of aromatic nitrogens is 2. The van der Waals surface area contributed by atoms with Crippen LogP contribution in [0.3, 0.4) is 0 Å². The van der Waals surface area contributed by atoms with Crippen LogP contribution in [0.4, 0.5) is 0 Å². The summed E-state index contributed by atoms with van der Waals surface area (Å²) in [5, 5.41) is 24.0. The van der Waals surface area contributed by atoms with E-state index in [1.54, 1.807) is 30.3 Å². The molecule has 2 saturated heterocycles. The van der Waals surface area contributed by atoms with Crippen LogP contribution in [-0.2, 0) is 84.6 Å². The van der Waals surface area contributed by atoms with Crippen molar-refractivity contribution in [2.24, 2.45) is 22.9 Å². The molecule has 1 aromatic carbocycles. The maximum Gasteiger partial charge on any atom is 0.305 e. The van der Waals surface area contributed by atoms with E-state index in [9.17, 15) is 72.5 Å². The monoisotopic (exact) mass is 1260 g/mol. The van der Waals surface area contributed by atoms with Gasteiger partial charge < -0.3 is 57.8 Å². The van der Waals surface area contributed by atoms with Crippen LogP contribution in [0.5, 0.6) is 0 Å². The second-order valence-corrected chi connectivity index (χ2v) is 22.4.